The topological polar surface area (TPSA) is 26.0 Å². The SMILES string of the molecule is NC(c1ccc(C(F)(F)F)c(F)c1)c1ccc(I)c(Cl)c1. The molecule has 1 nitrogen and oxygen atoms in total. The number of hydrogen-bond acceptors (Lipinski definition) is 1. The molecule has 0 fully saturated rings. The third kappa shape index (κ3) is 3.67. The molecule has 0 aliphatic heterocycles. The van der Waals surface area contributed by atoms with Crippen molar-refractivity contribution in [2.24, 2.45) is 5.73 Å². The molecule has 2 rings (SSSR count). The van der Waals surface area contributed by atoms with Crippen LogP contribution >= 0.6 is 34.2 Å². The zero-order chi connectivity index (χ0) is 15.8. The van der Waals surface area contributed by atoms with Crippen molar-refractivity contribution in [2.45, 2.75) is 12.2 Å². The summed E-state index contributed by atoms with van der Waals surface area (Å²) < 4.78 is 51.9. The van der Waals surface area contributed by atoms with Gasteiger partial charge in [0.2, 0.25) is 0 Å². The Labute approximate surface area is 137 Å². The van der Waals surface area contributed by atoms with Crippen LogP contribution in [-0.2, 0) is 6.18 Å². The summed E-state index contributed by atoms with van der Waals surface area (Å²) >= 11 is 8.02. The van der Waals surface area contributed by atoms with Gasteiger partial charge in [-0.15, -0.1) is 0 Å². The average Bonchev–Trinajstić information content (AvgIpc) is 2.39. The van der Waals surface area contributed by atoms with E-state index in [1.807, 2.05) is 22.6 Å². The van der Waals surface area contributed by atoms with Gasteiger partial charge in [0.05, 0.1) is 16.6 Å². The third-order valence-electron chi connectivity index (χ3n) is 2.96. The molecule has 112 valence electrons. The summed E-state index contributed by atoms with van der Waals surface area (Å²) in [5.41, 5.74) is 5.49. The van der Waals surface area contributed by atoms with Gasteiger partial charge in [0.15, 0.2) is 0 Å². The molecule has 7 heteroatoms. The van der Waals surface area contributed by atoms with E-state index >= 15 is 0 Å². The summed E-state index contributed by atoms with van der Waals surface area (Å²) in [6.07, 6.45) is -4.72. The van der Waals surface area contributed by atoms with E-state index in [1.165, 1.54) is 6.07 Å². The largest absolute Gasteiger partial charge is 0.419 e. The Morgan fingerprint density at radius 1 is 1.05 bits per heavy atom. The van der Waals surface area contributed by atoms with Crippen molar-refractivity contribution in [1.29, 1.82) is 0 Å². The fourth-order valence-electron chi connectivity index (χ4n) is 1.85. The second-order valence-electron chi connectivity index (χ2n) is 4.39. The van der Waals surface area contributed by atoms with Crippen LogP contribution in [-0.4, -0.2) is 0 Å². The molecule has 1 unspecified atom stereocenters. The lowest BCUT2D eigenvalue weighted by Gasteiger charge is -2.15. The average molecular weight is 430 g/mol. The Kier molecular flexibility index (Phi) is 4.79. The van der Waals surface area contributed by atoms with Crippen LogP contribution < -0.4 is 5.73 Å². The number of nitrogens with two attached hydrogens (primary N) is 1. The normalized spacial score (nSPS) is 13.3. The van der Waals surface area contributed by atoms with Crippen molar-refractivity contribution in [1.82, 2.24) is 0 Å². The van der Waals surface area contributed by atoms with Crippen LogP contribution in [0.4, 0.5) is 17.6 Å². The number of benzene rings is 2. The minimum atomic E-state index is -4.72. The summed E-state index contributed by atoms with van der Waals surface area (Å²) in [4.78, 5) is 0. The second-order valence-corrected chi connectivity index (χ2v) is 5.96. The molecule has 0 aliphatic carbocycles. The summed E-state index contributed by atoms with van der Waals surface area (Å²) in [6.45, 7) is 0. The smallest absolute Gasteiger partial charge is 0.320 e. The van der Waals surface area contributed by atoms with E-state index < -0.39 is 23.6 Å². The summed E-state index contributed by atoms with van der Waals surface area (Å²) in [5.74, 6) is -1.34. The molecule has 21 heavy (non-hydrogen) atoms. The van der Waals surface area contributed by atoms with Crippen molar-refractivity contribution in [3.05, 3.63) is 67.5 Å². The Morgan fingerprint density at radius 2 is 1.62 bits per heavy atom. The van der Waals surface area contributed by atoms with Gasteiger partial charge in [-0.05, 0) is 58.0 Å². The first kappa shape index (κ1) is 16.5. The van der Waals surface area contributed by atoms with E-state index in [4.69, 9.17) is 17.3 Å². The molecule has 0 heterocycles. The molecular formula is C14H9ClF4IN. The molecule has 0 aromatic heterocycles. The number of hydrogen-bond donors (Lipinski definition) is 1. The van der Waals surface area contributed by atoms with Gasteiger partial charge in [-0.3, -0.25) is 0 Å². The molecule has 2 aromatic rings. The minimum absolute atomic E-state index is 0.248. The molecule has 0 saturated heterocycles. The number of alkyl halides is 3. The van der Waals surface area contributed by atoms with Gasteiger partial charge in [-0.1, -0.05) is 23.7 Å². The summed E-state index contributed by atoms with van der Waals surface area (Å²) in [5, 5.41) is 0.482. The van der Waals surface area contributed by atoms with E-state index in [1.54, 1.807) is 18.2 Å². The van der Waals surface area contributed by atoms with Gasteiger partial charge in [-0.2, -0.15) is 13.2 Å². The zero-order valence-electron chi connectivity index (χ0n) is 10.4. The predicted octanol–water partition coefficient (Wildman–Crippen LogP) is 5.15. The van der Waals surface area contributed by atoms with E-state index in [0.29, 0.717) is 16.7 Å². The first-order chi connectivity index (χ1) is 9.70. The lowest BCUT2D eigenvalue weighted by molar-refractivity contribution is -0.140. The molecule has 0 spiro atoms. The molecule has 0 aliphatic rings. The fraction of sp³-hybridized carbons (Fsp3) is 0.143. The maximum atomic E-state index is 13.6. The highest BCUT2D eigenvalue weighted by Gasteiger charge is 2.34. The molecular weight excluding hydrogens is 421 g/mol. The van der Waals surface area contributed by atoms with Crippen LogP contribution in [0, 0.1) is 9.39 Å². The standard InChI is InChI=1S/C14H9ClF4IN/c15-10-5-7(2-4-12(10)20)13(21)8-1-3-9(11(16)6-8)14(17,18)19/h1-6,13H,21H2. The van der Waals surface area contributed by atoms with Crippen LogP contribution in [0.25, 0.3) is 0 Å². The highest BCUT2D eigenvalue weighted by atomic mass is 127. The fourth-order valence-corrected chi connectivity index (χ4v) is 2.38. The van der Waals surface area contributed by atoms with E-state index in [2.05, 4.69) is 0 Å². The second kappa shape index (κ2) is 6.10. The van der Waals surface area contributed by atoms with Crippen LogP contribution in [0.1, 0.15) is 22.7 Å². The van der Waals surface area contributed by atoms with E-state index in [0.717, 1.165) is 9.64 Å². The quantitative estimate of drug-likeness (QED) is 0.519. The van der Waals surface area contributed by atoms with Crippen LogP contribution in [0.5, 0.6) is 0 Å². The lowest BCUT2D eigenvalue weighted by atomic mass is 9.98. The van der Waals surface area contributed by atoms with Gasteiger partial charge in [0.1, 0.15) is 5.82 Å². The molecule has 2 N–H and O–H groups in total. The zero-order valence-corrected chi connectivity index (χ0v) is 13.3. The first-order valence-corrected chi connectivity index (χ1v) is 7.23. The third-order valence-corrected chi connectivity index (χ3v) is 4.53. The van der Waals surface area contributed by atoms with Crippen LogP contribution in [0.15, 0.2) is 36.4 Å². The predicted molar refractivity (Wildman–Crippen MR) is 81.6 cm³/mol. The monoisotopic (exact) mass is 429 g/mol. The van der Waals surface area contributed by atoms with Crippen molar-refractivity contribution in [3.63, 3.8) is 0 Å². The number of rotatable bonds is 2. The van der Waals surface area contributed by atoms with Crippen LogP contribution in [0.2, 0.25) is 5.02 Å². The lowest BCUT2D eigenvalue weighted by Crippen LogP contribution is -2.14. The Bertz CT molecular complexity index is 673. The number of halogens is 6. The molecule has 0 radical (unpaired) electrons. The van der Waals surface area contributed by atoms with Gasteiger partial charge >= 0.3 is 6.18 Å². The Hall–Kier alpha value is -0.860. The molecule has 0 amide bonds. The van der Waals surface area contributed by atoms with E-state index in [-0.39, 0.29) is 5.56 Å². The minimum Gasteiger partial charge on any atom is -0.320 e. The van der Waals surface area contributed by atoms with E-state index in [9.17, 15) is 17.6 Å². The molecule has 0 bridgehead atoms. The Balaban J connectivity index is 2.38. The maximum Gasteiger partial charge on any atom is 0.419 e. The maximum absolute atomic E-state index is 13.6. The molecule has 0 saturated carbocycles. The Morgan fingerprint density at radius 3 is 2.14 bits per heavy atom. The summed E-state index contributed by atoms with van der Waals surface area (Å²) in [7, 11) is 0. The van der Waals surface area contributed by atoms with Gasteiger partial charge in [-0.25, -0.2) is 4.39 Å². The van der Waals surface area contributed by atoms with Gasteiger partial charge in [0.25, 0.3) is 0 Å². The highest BCUT2D eigenvalue weighted by Crippen LogP contribution is 2.33. The van der Waals surface area contributed by atoms with Crippen molar-refractivity contribution in [2.75, 3.05) is 0 Å². The van der Waals surface area contributed by atoms with Crippen molar-refractivity contribution >= 4 is 34.2 Å². The highest BCUT2D eigenvalue weighted by molar-refractivity contribution is 14.1. The molecule has 1 atom stereocenters. The van der Waals surface area contributed by atoms with Gasteiger partial charge < -0.3 is 5.73 Å². The molecule has 2 aromatic carbocycles. The summed E-state index contributed by atoms with van der Waals surface area (Å²) in [6, 6.07) is 6.97. The van der Waals surface area contributed by atoms with Gasteiger partial charge in [0, 0.05) is 3.57 Å². The first-order valence-electron chi connectivity index (χ1n) is 5.77. The van der Waals surface area contributed by atoms with Crippen LogP contribution in [0.3, 0.4) is 0 Å². The van der Waals surface area contributed by atoms with Crippen molar-refractivity contribution < 1.29 is 17.6 Å². The van der Waals surface area contributed by atoms with Crippen molar-refractivity contribution in [3.8, 4) is 0 Å².